The molecule has 3 aliphatic heterocycles. The van der Waals surface area contributed by atoms with E-state index in [1.807, 2.05) is 21.6 Å². The van der Waals surface area contributed by atoms with Gasteiger partial charge in [-0.2, -0.15) is 0 Å². The largest absolute Gasteiger partial charge is 0.337 e. The summed E-state index contributed by atoms with van der Waals surface area (Å²) in [7, 11) is 0. The zero-order chi connectivity index (χ0) is 18.8. The van der Waals surface area contributed by atoms with Crippen LogP contribution in [0, 0.1) is 5.92 Å². The van der Waals surface area contributed by atoms with E-state index in [0.29, 0.717) is 11.8 Å². The molecule has 0 radical (unpaired) electrons. The molecule has 2 fully saturated rings. The summed E-state index contributed by atoms with van der Waals surface area (Å²) in [5.41, 5.74) is 1.31. The van der Waals surface area contributed by atoms with Crippen molar-refractivity contribution in [3.05, 3.63) is 46.4 Å². The second-order valence-electron chi connectivity index (χ2n) is 8.08. The van der Waals surface area contributed by atoms with Gasteiger partial charge in [0.05, 0.1) is 0 Å². The Labute approximate surface area is 161 Å². The fourth-order valence-electron chi connectivity index (χ4n) is 4.84. The maximum Gasteiger partial charge on any atom is 0.250 e. The van der Waals surface area contributed by atoms with Crippen molar-refractivity contribution in [3.63, 3.8) is 0 Å². The van der Waals surface area contributed by atoms with Crippen molar-refractivity contribution in [3.8, 4) is 0 Å². The number of carbonyl (C=O) groups is 1. The maximum atomic E-state index is 12.4. The van der Waals surface area contributed by atoms with E-state index < -0.39 is 0 Å². The van der Waals surface area contributed by atoms with Gasteiger partial charge in [-0.25, -0.2) is 0 Å². The molecule has 0 saturated carbocycles. The number of piperidine rings is 1. The van der Waals surface area contributed by atoms with Crippen LogP contribution in [0.3, 0.4) is 0 Å². The summed E-state index contributed by atoms with van der Waals surface area (Å²) in [5, 5.41) is 0. The van der Waals surface area contributed by atoms with Gasteiger partial charge in [-0.1, -0.05) is 19.1 Å². The molecule has 3 aliphatic rings. The molecule has 0 aromatic carbocycles. The minimum atomic E-state index is 0.129. The van der Waals surface area contributed by atoms with Crippen molar-refractivity contribution in [2.24, 2.45) is 5.92 Å². The molecule has 6 nitrogen and oxygen atoms in total. The highest BCUT2D eigenvalue weighted by molar-refractivity contribution is 5.87. The molecule has 2 saturated heterocycles. The van der Waals surface area contributed by atoms with Gasteiger partial charge in [0.2, 0.25) is 5.91 Å². The number of amides is 1. The van der Waals surface area contributed by atoms with E-state index in [4.69, 9.17) is 0 Å². The molecule has 0 spiro atoms. The molecule has 1 aromatic heterocycles. The molecule has 2 unspecified atom stereocenters. The van der Waals surface area contributed by atoms with Gasteiger partial charge in [-0.05, 0) is 24.9 Å². The summed E-state index contributed by atoms with van der Waals surface area (Å²) in [5.74, 6) is 1.10. The van der Waals surface area contributed by atoms with Crippen LogP contribution in [0.5, 0.6) is 0 Å². The number of hydrogen-bond acceptors (Lipinski definition) is 4. The number of rotatable bonds is 4. The molecule has 4 heterocycles. The van der Waals surface area contributed by atoms with Crippen molar-refractivity contribution in [1.82, 2.24) is 19.3 Å². The highest BCUT2D eigenvalue weighted by Crippen LogP contribution is 2.34. The van der Waals surface area contributed by atoms with Crippen molar-refractivity contribution >= 4 is 5.91 Å². The van der Waals surface area contributed by atoms with Crippen LogP contribution in [-0.2, 0) is 11.3 Å². The zero-order valence-corrected chi connectivity index (χ0v) is 16.2. The minimum absolute atomic E-state index is 0.129. The van der Waals surface area contributed by atoms with Crippen LogP contribution in [0.25, 0.3) is 0 Å². The summed E-state index contributed by atoms with van der Waals surface area (Å²) in [6.07, 6.45) is 4.95. The normalized spacial score (nSPS) is 26.3. The number of pyridine rings is 1. The predicted molar refractivity (Wildman–Crippen MR) is 106 cm³/mol. The van der Waals surface area contributed by atoms with E-state index in [2.05, 4.69) is 22.8 Å². The molecule has 4 rings (SSSR count). The van der Waals surface area contributed by atoms with Crippen LogP contribution in [0.15, 0.2) is 35.1 Å². The highest BCUT2D eigenvalue weighted by atomic mass is 16.2. The van der Waals surface area contributed by atoms with E-state index in [9.17, 15) is 9.59 Å². The molecule has 0 aliphatic carbocycles. The lowest BCUT2D eigenvalue weighted by Gasteiger charge is -2.42. The first-order valence-corrected chi connectivity index (χ1v) is 10.2. The maximum absolute atomic E-state index is 12.4. The third-order valence-corrected chi connectivity index (χ3v) is 6.31. The molecule has 1 aromatic rings. The fraction of sp³-hybridized carbons (Fsp3) is 0.619. The Morgan fingerprint density at radius 1 is 1.11 bits per heavy atom. The van der Waals surface area contributed by atoms with E-state index in [0.717, 1.165) is 58.9 Å². The standard InChI is InChI=1S/C21H30N4O2/c1-2-22-9-11-24(12-10-22)20(26)7-4-8-23-14-17-13-18(16-23)19-5-3-6-21(27)25(19)15-17/h3-7,17-18H,2,8-16H2,1H3. The Morgan fingerprint density at radius 2 is 1.93 bits per heavy atom. The van der Waals surface area contributed by atoms with E-state index in [1.54, 1.807) is 12.1 Å². The van der Waals surface area contributed by atoms with Gasteiger partial charge in [-0.3, -0.25) is 14.5 Å². The Hall–Kier alpha value is -1.92. The molecular formula is C21H30N4O2. The lowest BCUT2D eigenvalue weighted by Crippen LogP contribution is -2.48. The van der Waals surface area contributed by atoms with Gasteiger partial charge in [0.1, 0.15) is 0 Å². The SMILES string of the molecule is CCN1CCN(C(=O)C=CCN2CC3CC(C2)c2cccc(=O)n2C3)CC1. The summed E-state index contributed by atoms with van der Waals surface area (Å²) in [4.78, 5) is 31.3. The zero-order valence-electron chi connectivity index (χ0n) is 16.2. The average Bonchev–Trinajstić information content (AvgIpc) is 2.69. The van der Waals surface area contributed by atoms with Crippen LogP contribution in [-0.4, -0.2) is 77.5 Å². The van der Waals surface area contributed by atoms with Crippen LogP contribution >= 0.6 is 0 Å². The fourth-order valence-corrected chi connectivity index (χ4v) is 4.84. The third kappa shape index (κ3) is 4.01. The summed E-state index contributed by atoms with van der Waals surface area (Å²) in [6.45, 7) is 10.4. The van der Waals surface area contributed by atoms with Crippen LogP contribution in [0.2, 0.25) is 0 Å². The monoisotopic (exact) mass is 370 g/mol. The number of fused-ring (bicyclic) bond motifs is 4. The van der Waals surface area contributed by atoms with Gasteiger partial charge in [0.15, 0.2) is 0 Å². The molecule has 1 amide bonds. The molecule has 146 valence electrons. The van der Waals surface area contributed by atoms with Crippen molar-refractivity contribution in [2.45, 2.75) is 25.8 Å². The van der Waals surface area contributed by atoms with Crippen LogP contribution in [0.1, 0.15) is 25.0 Å². The number of nitrogens with zero attached hydrogens (tertiary/aromatic N) is 4. The molecule has 27 heavy (non-hydrogen) atoms. The number of hydrogen-bond donors (Lipinski definition) is 0. The number of likely N-dealkylation sites (tertiary alicyclic amines) is 1. The second kappa shape index (κ2) is 7.98. The van der Waals surface area contributed by atoms with Gasteiger partial charge in [0, 0.05) is 76.1 Å². The predicted octanol–water partition coefficient (Wildman–Crippen LogP) is 0.988. The molecular weight excluding hydrogens is 340 g/mol. The Bertz CT molecular complexity index is 764. The molecule has 2 bridgehead atoms. The molecule has 2 atom stereocenters. The van der Waals surface area contributed by atoms with Gasteiger partial charge in [-0.15, -0.1) is 0 Å². The lowest BCUT2D eigenvalue weighted by atomic mass is 9.83. The molecule has 6 heteroatoms. The average molecular weight is 370 g/mol. The Kier molecular flexibility index (Phi) is 5.45. The topological polar surface area (TPSA) is 48.8 Å². The summed E-state index contributed by atoms with van der Waals surface area (Å²) >= 11 is 0. The Balaban J connectivity index is 1.32. The first kappa shape index (κ1) is 18.4. The lowest BCUT2D eigenvalue weighted by molar-refractivity contribution is -0.127. The first-order valence-electron chi connectivity index (χ1n) is 10.2. The second-order valence-corrected chi connectivity index (χ2v) is 8.08. The van der Waals surface area contributed by atoms with Crippen LogP contribution in [0.4, 0.5) is 0 Å². The number of carbonyl (C=O) groups excluding carboxylic acids is 1. The van der Waals surface area contributed by atoms with Crippen molar-refractivity contribution < 1.29 is 4.79 Å². The number of aromatic nitrogens is 1. The third-order valence-electron chi connectivity index (χ3n) is 6.31. The van der Waals surface area contributed by atoms with E-state index in [1.165, 1.54) is 12.1 Å². The van der Waals surface area contributed by atoms with Crippen LogP contribution < -0.4 is 5.56 Å². The summed E-state index contributed by atoms with van der Waals surface area (Å²) in [6, 6.07) is 5.64. The number of piperazine rings is 1. The van der Waals surface area contributed by atoms with Gasteiger partial charge < -0.3 is 14.4 Å². The van der Waals surface area contributed by atoms with Gasteiger partial charge in [0.25, 0.3) is 5.56 Å². The minimum Gasteiger partial charge on any atom is -0.337 e. The summed E-state index contributed by atoms with van der Waals surface area (Å²) < 4.78 is 1.96. The highest BCUT2D eigenvalue weighted by Gasteiger charge is 2.33. The molecule has 0 N–H and O–H groups in total. The van der Waals surface area contributed by atoms with Crippen molar-refractivity contribution in [1.29, 1.82) is 0 Å². The number of likely N-dealkylation sites (N-methyl/N-ethyl adjacent to an activating group) is 1. The smallest absolute Gasteiger partial charge is 0.250 e. The quantitative estimate of drug-likeness (QED) is 0.742. The van der Waals surface area contributed by atoms with E-state index >= 15 is 0 Å². The van der Waals surface area contributed by atoms with Gasteiger partial charge >= 0.3 is 0 Å². The van der Waals surface area contributed by atoms with Crippen molar-refractivity contribution in [2.75, 3.05) is 52.4 Å². The Morgan fingerprint density at radius 3 is 2.70 bits per heavy atom. The van der Waals surface area contributed by atoms with E-state index in [-0.39, 0.29) is 11.5 Å². The first-order chi connectivity index (χ1) is 13.1.